The molecule has 32 heavy (non-hydrogen) atoms. The van der Waals surface area contributed by atoms with Gasteiger partial charge in [-0.2, -0.15) is 0 Å². The molecule has 0 aromatic carbocycles. The predicted octanol–water partition coefficient (Wildman–Crippen LogP) is 9.01. The molecule has 0 heterocycles. The van der Waals surface area contributed by atoms with E-state index in [1.165, 1.54) is 140 Å². The van der Waals surface area contributed by atoms with Crippen LogP contribution in [0.2, 0.25) is 0 Å². The molecule has 0 aromatic rings. The highest BCUT2D eigenvalue weighted by atomic mass is 31.2. The van der Waals surface area contributed by atoms with E-state index in [0.29, 0.717) is 0 Å². The number of unbranched alkanes of at least 4 members (excludes halogenated alkanes) is 16. The number of carbonyl (C=O) groups is 1. The SMILES string of the molecule is CCCCCCCC[P+](CCCCCCCC)(CCCCCCCC)CCCCC(=O)[O-]. The first kappa shape index (κ1) is 31.9. The van der Waals surface area contributed by atoms with Crippen molar-refractivity contribution >= 4 is 13.2 Å². The van der Waals surface area contributed by atoms with Crippen molar-refractivity contribution in [3.63, 3.8) is 0 Å². The molecule has 0 rings (SSSR count). The molecule has 0 aromatic heterocycles. The molecule has 0 atom stereocenters. The average Bonchev–Trinajstić information content (AvgIpc) is 2.78. The third-order valence-corrected chi connectivity index (χ3v) is 12.3. The lowest BCUT2D eigenvalue weighted by Crippen LogP contribution is -2.21. The quantitative estimate of drug-likeness (QED) is 0.0934. The molecule has 0 saturated carbocycles. The topological polar surface area (TPSA) is 40.1 Å². The van der Waals surface area contributed by atoms with Crippen LogP contribution in [-0.4, -0.2) is 30.6 Å². The van der Waals surface area contributed by atoms with Crippen LogP contribution in [-0.2, 0) is 4.79 Å². The smallest absolute Gasteiger partial charge is 0.0594 e. The van der Waals surface area contributed by atoms with E-state index in [1.54, 1.807) is 0 Å². The molecule has 0 bridgehead atoms. The maximum Gasteiger partial charge on any atom is 0.0594 e. The molecule has 192 valence electrons. The third kappa shape index (κ3) is 20.5. The highest BCUT2D eigenvalue weighted by molar-refractivity contribution is 7.75. The molecule has 0 aliphatic rings. The molecule has 0 N–H and O–H groups in total. The van der Waals surface area contributed by atoms with E-state index >= 15 is 0 Å². The van der Waals surface area contributed by atoms with E-state index in [2.05, 4.69) is 20.8 Å². The fourth-order valence-corrected chi connectivity index (χ4v) is 9.99. The Morgan fingerprint density at radius 2 is 0.750 bits per heavy atom. The van der Waals surface area contributed by atoms with Crippen molar-refractivity contribution in [2.75, 3.05) is 24.6 Å². The molecule has 2 nitrogen and oxygen atoms in total. The Balaban J connectivity index is 4.77. The summed E-state index contributed by atoms with van der Waals surface area (Å²) < 4.78 is 0. The van der Waals surface area contributed by atoms with Gasteiger partial charge >= 0.3 is 0 Å². The number of rotatable bonds is 26. The molecule has 0 aliphatic heterocycles. The van der Waals surface area contributed by atoms with Crippen LogP contribution in [0.5, 0.6) is 0 Å². The molecule has 0 saturated heterocycles. The van der Waals surface area contributed by atoms with Crippen LogP contribution in [0.1, 0.15) is 156 Å². The molecule has 0 radical (unpaired) electrons. The van der Waals surface area contributed by atoms with Crippen LogP contribution in [0.3, 0.4) is 0 Å². The Morgan fingerprint density at radius 3 is 1.06 bits per heavy atom. The van der Waals surface area contributed by atoms with E-state index in [4.69, 9.17) is 0 Å². The number of carboxylic acid groups (broad SMARTS) is 1. The van der Waals surface area contributed by atoms with Gasteiger partial charge in [-0.1, -0.05) is 97.8 Å². The van der Waals surface area contributed by atoms with Crippen molar-refractivity contribution in [2.24, 2.45) is 0 Å². The normalized spacial score (nSPS) is 11.8. The van der Waals surface area contributed by atoms with Crippen molar-refractivity contribution in [2.45, 2.75) is 156 Å². The van der Waals surface area contributed by atoms with Gasteiger partial charge in [0.05, 0.1) is 24.6 Å². The monoisotopic (exact) mass is 470 g/mol. The van der Waals surface area contributed by atoms with Gasteiger partial charge in [0, 0.05) is 13.2 Å². The minimum Gasteiger partial charge on any atom is -0.550 e. The van der Waals surface area contributed by atoms with Crippen molar-refractivity contribution < 1.29 is 9.90 Å². The van der Waals surface area contributed by atoms with Crippen LogP contribution < -0.4 is 5.11 Å². The lowest BCUT2D eigenvalue weighted by molar-refractivity contribution is -0.305. The first-order valence-corrected chi connectivity index (χ1v) is 17.2. The summed E-state index contributed by atoms with van der Waals surface area (Å²) in [7, 11) is -0.936. The Bertz CT molecular complexity index is 356. The van der Waals surface area contributed by atoms with E-state index in [-0.39, 0.29) is 6.42 Å². The van der Waals surface area contributed by atoms with Crippen LogP contribution in [0.15, 0.2) is 0 Å². The fourth-order valence-electron chi connectivity index (χ4n) is 5.07. The summed E-state index contributed by atoms with van der Waals surface area (Å²) in [6, 6.07) is 0. The maximum atomic E-state index is 10.9. The average molecular weight is 471 g/mol. The summed E-state index contributed by atoms with van der Waals surface area (Å²) in [5.41, 5.74) is 0. The van der Waals surface area contributed by atoms with Crippen LogP contribution in [0, 0.1) is 0 Å². The molecule has 3 heteroatoms. The number of carboxylic acids is 1. The van der Waals surface area contributed by atoms with Gasteiger partial charge in [-0.25, -0.2) is 0 Å². The minimum atomic E-state index is -0.936. The first-order valence-electron chi connectivity index (χ1n) is 14.6. The zero-order valence-corrected chi connectivity index (χ0v) is 23.3. The number of carbonyl (C=O) groups excluding carboxylic acids is 1. The highest BCUT2D eigenvalue weighted by Crippen LogP contribution is 2.61. The van der Waals surface area contributed by atoms with Gasteiger partial charge in [-0.3, -0.25) is 0 Å². The van der Waals surface area contributed by atoms with Gasteiger partial charge in [-0.05, 0) is 57.8 Å². The second-order valence-corrected chi connectivity index (χ2v) is 14.8. The van der Waals surface area contributed by atoms with Gasteiger partial charge in [0.1, 0.15) is 0 Å². The highest BCUT2D eigenvalue weighted by Gasteiger charge is 2.34. The Morgan fingerprint density at radius 1 is 0.469 bits per heavy atom. The maximum absolute atomic E-state index is 10.9. The largest absolute Gasteiger partial charge is 0.550 e. The summed E-state index contributed by atoms with van der Waals surface area (Å²) in [5, 5.41) is 10.9. The number of aliphatic carboxylic acids is 1. The summed E-state index contributed by atoms with van der Waals surface area (Å²) in [5.74, 6) is -0.864. The molecule has 0 aliphatic carbocycles. The molecule has 0 fully saturated rings. The van der Waals surface area contributed by atoms with Gasteiger partial charge in [0.2, 0.25) is 0 Å². The summed E-state index contributed by atoms with van der Waals surface area (Å²) in [6.45, 7) is 6.89. The number of hydrogen-bond acceptors (Lipinski definition) is 2. The zero-order chi connectivity index (χ0) is 23.8. The molecular weight excluding hydrogens is 411 g/mol. The Hall–Kier alpha value is -0.100. The molecule has 0 unspecified atom stereocenters. The van der Waals surface area contributed by atoms with Crippen molar-refractivity contribution in [3.8, 4) is 0 Å². The summed E-state index contributed by atoms with van der Waals surface area (Å²) >= 11 is 0. The van der Waals surface area contributed by atoms with Crippen molar-refractivity contribution in [1.29, 1.82) is 0 Å². The summed E-state index contributed by atoms with van der Waals surface area (Å²) in [6.07, 6.45) is 33.1. The molecule has 0 spiro atoms. The van der Waals surface area contributed by atoms with Gasteiger partial charge in [0.15, 0.2) is 0 Å². The van der Waals surface area contributed by atoms with E-state index in [0.717, 1.165) is 12.8 Å². The molecule has 0 amide bonds. The Kier molecular flexibility index (Phi) is 24.0. The van der Waals surface area contributed by atoms with Crippen LogP contribution in [0.4, 0.5) is 0 Å². The lowest BCUT2D eigenvalue weighted by Gasteiger charge is -2.28. The standard InChI is InChI=1S/C29H59O2P/c1-4-7-10-13-16-20-25-32(28-23-19-24-29(30)31,26-21-17-14-11-8-5-2)27-22-18-15-12-9-6-3/h4-28H2,1-3H3. The molecular formula is C29H59O2P. The van der Waals surface area contributed by atoms with Gasteiger partial charge in [-0.15, -0.1) is 0 Å². The van der Waals surface area contributed by atoms with E-state index in [9.17, 15) is 9.90 Å². The summed E-state index contributed by atoms with van der Waals surface area (Å²) in [4.78, 5) is 10.9. The minimum absolute atomic E-state index is 0.255. The van der Waals surface area contributed by atoms with Crippen molar-refractivity contribution in [1.82, 2.24) is 0 Å². The fraction of sp³-hybridized carbons (Fsp3) is 0.966. The third-order valence-electron chi connectivity index (χ3n) is 7.22. The number of hydrogen-bond donors (Lipinski definition) is 0. The second-order valence-electron chi connectivity index (χ2n) is 10.4. The second kappa shape index (κ2) is 24.0. The van der Waals surface area contributed by atoms with Gasteiger partial charge in [0.25, 0.3) is 0 Å². The van der Waals surface area contributed by atoms with E-state index < -0.39 is 13.2 Å². The van der Waals surface area contributed by atoms with Crippen LogP contribution in [0.25, 0.3) is 0 Å². The Labute approximate surface area is 203 Å². The van der Waals surface area contributed by atoms with Gasteiger partial charge < -0.3 is 9.90 Å². The van der Waals surface area contributed by atoms with Crippen LogP contribution >= 0.6 is 7.26 Å². The van der Waals surface area contributed by atoms with Crippen molar-refractivity contribution in [3.05, 3.63) is 0 Å². The first-order chi connectivity index (χ1) is 15.6. The zero-order valence-electron chi connectivity index (χ0n) is 22.4. The lowest BCUT2D eigenvalue weighted by atomic mass is 10.1. The predicted molar refractivity (Wildman–Crippen MR) is 145 cm³/mol. The van der Waals surface area contributed by atoms with E-state index in [1.807, 2.05) is 0 Å².